The molecular weight excluding hydrogens is 862 g/mol. The van der Waals surface area contributed by atoms with Gasteiger partial charge in [-0.1, -0.05) is 176 Å². The topological polar surface area (TPSA) is 19.6 Å². The fraction of sp³-hybridized carbons (Fsp3) is 0.0820. The van der Waals surface area contributed by atoms with Crippen molar-refractivity contribution in [1.82, 2.24) is 0 Å². The highest BCUT2D eigenvalue weighted by atomic mass is 28.3. The molecule has 2 aliphatic rings. The summed E-state index contributed by atoms with van der Waals surface area (Å²) in [5.74, 6) is 0. The lowest BCUT2D eigenvalue weighted by Gasteiger charge is -2.45. The largest absolute Gasteiger partial charge is 0.453 e. The van der Waals surface area contributed by atoms with Gasteiger partial charge in [0.05, 0.1) is 41.8 Å². The van der Waals surface area contributed by atoms with Gasteiger partial charge in [-0.15, -0.1) is 0 Å². The van der Waals surface area contributed by atoms with E-state index in [1.54, 1.807) is 6.07 Å². The van der Waals surface area contributed by atoms with Crippen LogP contribution in [-0.4, -0.2) is 8.07 Å². The molecule has 2 heterocycles. The molecular formula is C61H43F3N2OSi. The molecule has 0 N–H and O–H groups in total. The predicted molar refractivity (Wildman–Crippen MR) is 277 cm³/mol. The molecule has 328 valence electrons. The number of anilines is 6. The van der Waals surface area contributed by atoms with Crippen LogP contribution in [0.15, 0.2) is 211 Å². The molecule has 0 unspecified atom stereocenters. The van der Waals surface area contributed by atoms with Crippen molar-refractivity contribution in [2.75, 3.05) is 9.80 Å². The first kappa shape index (κ1) is 40.4. The maximum atomic E-state index is 14.7. The minimum Gasteiger partial charge on any atom is -0.453 e. The third-order valence-electron chi connectivity index (χ3n) is 14.4. The molecule has 0 radical (unpaired) electrons. The Labute approximate surface area is 393 Å². The van der Waals surface area contributed by atoms with Gasteiger partial charge in [-0.2, -0.15) is 13.2 Å². The Bertz CT molecular complexity index is 3800. The van der Waals surface area contributed by atoms with Crippen molar-refractivity contribution in [3.8, 4) is 11.1 Å². The van der Waals surface area contributed by atoms with Gasteiger partial charge in [-0.3, -0.25) is 0 Å². The average molecular weight is 905 g/mol. The highest BCUT2D eigenvalue weighted by Gasteiger charge is 2.53. The molecule has 1 aromatic heterocycles. The van der Waals surface area contributed by atoms with Gasteiger partial charge in [0.1, 0.15) is 5.58 Å². The Kier molecular flexibility index (Phi) is 8.65. The van der Waals surface area contributed by atoms with E-state index in [-0.39, 0.29) is 5.58 Å². The van der Waals surface area contributed by atoms with Gasteiger partial charge < -0.3 is 14.2 Å². The van der Waals surface area contributed by atoms with E-state index in [4.69, 9.17) is 4.42 Å². The van der Waals surface area contributed by atoms with Crippen LogP contribution >= 0.6 is 0 Å². The van der Waals surface area contributed by atoms with Crippen LogP contribution in [0.3, 0.4) is 0 Å². The van der Waals surface area contributed by atoms with E-state index in [1.165, 1.54) is 33.3 Å². The van der Waals surface area contributed by atoms with Gasteiger partial charge in [0.2, 0.25) is 0 Å². The van der Waals surface area contributed by atoms with Crippen LogP contribution in [0.4, 0.5) is 47.3 Å². The highest BCUT2D eigenvalue weighted by molar-refractivity contribution is 6.88. The SMILES string of the molecule is C[Si](C)(C)c1ccc(N(c2cc3c(c4ccccc24)-c2c(ccc4ccccc24)C32c3ccccc3N(c3ccccc3)c3ccccc32)c2cccc3c2oc2c(C(F)(F)F)cccc23)cc1. The van der Waals surface area contributed by atoms with Gasteiger partial charge in [0, 0.05) is 27.5 Å². The number of para-hydroxylation sites is 5. The molecule has 0 atom stereocenters. The molecule has 7 heteroatoms. The maximum Gasteiger partial charge on any atom is 0.420 e. The van der Waals surface area contributed by atoms with E-state index < -0.39 is 25.2 Å². The lowest BCUT2D eigenvalue weighted by molar-refractivity contribution is -0.136. The fourth-order valence-electron chi connectivity index (χ4n) is 11.5. The Morgan fingerprint density at radius 3 is 1.74 bits per heavy atom. The average Bonchev–Trinajstić information content (AvgIpc) is 3.89. The van der Waals surface area contributed by atoms with Crippen molar-refractivity contribution in [3.63, 3.8) is 0 Å². The molecule has 0 saturated heterocycles. The second kappa shape index (κ2) is 14.6. The zero-order valence-corrected chi connectivity index (χ0v) is 38.6. The second-order valence-electron chi connectivity index (χ2n) is 19.1. The third kappa shape index (κ3) is 5.66. The zero-order chi connectivity index (χ0) is 46.1. The number of nitrogens with zero attached hydrogens (tertiary/aromatic N) is 2. The predicted octanol–water partition coefficient (Wildman–Crippen LogP) is 17.1. The molecule has 1 spiro atoms. The molecule has 0 amide bonds. The summed E-state index contributed by atoms with van der Waals surface area (Å²) in [5, 5.41) is 6.75. The summed E-state index contributed by atoms with van der Waals surface area (Å²) in [6, 6.07) is 71.4. The van der Waals surface area contributed by atoms with Crippen LogP contribution in [0.2, 0.25) is 19.6 Å². The van der Waals surface area contributed by atoms with Crippen molar-refractivity contribution in [2.45, 2.75) is 31.2 Å². The second-order valence-corrected chi connectivity index (χ2v) is 24.2. The van der Waals surface area contributed by atoms with Crippen LogP contribution in [-0.2, 0) is 11.6 Å². The lowest BCUT2D eigenvalue weighted by Crippen LogP contribution is -2.37. The molecule has 11 aromatic rings. The fourth-order valence-corrected chi connectivity index (χ4v) is 12.7. The number of hydrogen-bond acceptors (Lipinski definition) is 3. The third-order valence-corrected chi connectivity index (χ3v) is 16.5. The van der Waals surface area contributed by atoms with Gasteiger partial charge in [0.25, 0.3) is 0 Å². The van der Waals surface area contributed by atoms with Crippen LogP contribution in [0.25, 0.3) is 54.6 Å². The van der Waals surface area contributed by atoms with Gasteiger partial charge in [-0.25, -0.2) is 0 Å². The number of alkyl halides is 3. The van der Waals surface area contributed by atoms with E-state index in [1.807, 2.05) is 18.2 Å². The van der Waals surface area contributed by atoms with Crippen molar-refractivity contribution in [1.29, 1.82) is 0 Å². The minimum atomic E-state index is -4.60. The van der Waals surface area contributed by atoms with Crippen LogP contribution in [0, 0.1) is 0 Å². The van der Waals surface area contributed by atoms with Crippen molar-refractivity contribution < 1.29 is 17.6 Å². The summed E-state index contributed by atoms with van der Waals surface area (Å²) in [7, 11) is -1.73. The maximum absolute atomic E-state index is 14.7. The summed E-state index contributed by atoms with van der Waals surface area (Å²) in [4.78, 5) is 4.61. The number of benzene rings is 10. The molecule has 1 aliphatic heterocycles. The summed E-state index contributed by atoms with van der Waals surface area (Å²) < 4.78 is 50.7. The molecule has 13 rings (SSSR count). The zero-order valence-electron chi connectivity index (χ0n) is 37.6. The van der Waals surface area contributed by atoms with Crippen LogP contribution < -0.4 is 15.0 Å². The van der Waals surface area contributed by atoms with Gasteiger partial charge in [0.15, 0.2) is 5.58 Å². The Morgan fingerprint density at radius 2 is 1.04 bits per heavy atom. The molecule has 3 nitrogen and oxygen atoms in total. The number of furan rings is 1. The standard InChI is InChI=1S/C61H43F3N2OSi/c1-68(2,3)41-34-32-40(33-35-41)66(54-30-16-24-46-45-23-15-27-50(61(62,63)64)58(45)67-59(46)54)55-37-51-57(44-22-10-9-21-43(44)55)56-42-20-8-7-17-38(42)31-36-49(56)60(51)47-25-11-13-28-52(47)65(39-18-5-4-6-19-39)53-29-14-12-26-48(53)60/h4-37H,1-3H3. The summed E-state index contributed by atoms with van der Waals surface area (Å²) in [6.07, 6.45) is -4.60. The number of hydrogen-bond donors (Lipinski definition) is 0. The number of rotatable bonds is 5. The molecule has 0 saturated carbocycles. The van der Waals surface area contributed by atoms with Crippen LogP contribution in [0.5, 0.6) is 0 Å². The molecule has 0 bridgehead atoms. The number of halogens is 3. The van der Waals surface area contributed by atoms with Crippen LogP contribution in [0.1, 0.15) is 27.8 Å². The number of fused-ring (bicyclic) bond motifs is 16. The Balaban J connectivity index is 1.19. The van der Waals surface area contributed by atoms with Crippen molar-refractivity contribution >= 4 is 90.9 Å². The first-order valence-corrected chi connectivity index (χ1v) is 26.6. The van der Waals surface area contributed by atoms with Gasteiger partial charge >= 0.3 is 6.18 Å². The van der Waals surface area contributed by atoms with Crippen molar-refractivity contribution in [2.24, 2.45) is 0 Å². The summed E-state index contributed by atoms with van der Waals surface area (Å²) in [6.45, 7) is 7.00. The van der Waals surface area contributed by atoms with Gasteiger partial charge in [-0.05, 0) is 104 Å². The van der Waals surface area contributed by atoms with Crippen molar-refractivity contribution in [3.05, 3.63) is 234 Å². The Hall–Kier alpha value is -7.87. The normalized spacial score (nSPS) is 13.8. The van der Waals surface area contributed by atoms with E-state index in [0.29, 0.717) is 22.0 Å². The molecule has 1 aliphatic carbocycles. The molecule has 10 aromatic carbocycles. The highest BCUT2D eigenvalue weighted by Crippen LogP contribution is 2.66. The monoisotopic (exact) mass is 904 g/mol. The minimum absolute atomic E-state index is 0.171. The first-order valence-electron chi connectivity index (χ1n) is 23.1. The van der Waals surface area contributed by atoms with E-state index in [0.717, 1.165) is 67.4 Å². The summed E-state index contributed by atoms with van der Waals surface area (Å²) in [5.41, 5.74) is 11.3. The summed E-state index contributed by atoms with van der Waals surface area (Å²) >= 11 is 0. The van der Waals surface area contributed by atoms with E-state index in [2.05, 4.69) is 199 Å². The smallest absolute Gasteiger partial charge is 0.420 e. The van der Waals surface area contributed by atoms with E-state index >= 15 is 0 Å². The first-order chi connectivity index (χ1) is 33.0. The lowest BCUT2D eigenvalue weighted by atomic mass is 9.64. The van der Waals surface area contributed by atoms with E-state index in [9.17, 15) is 13.2 Å². The molecule has 68 heavy (non-hydrogen) atoms. The Morgan fingerprint density at radius 1 is 0.471 bits per heavy atom. The molecule has 0 fully saturated rings. The quantitative estimate of drug-likeness (QED) is 0.160.